The molecule has 0 saturated carbocycles. The predicted octanol–water partition coefficient (Wildman–Crippen LogP) is 2.40. The van der Waals surface area contributed by atoms with Gasteiger partial charge < -0.3 is 10.1 Å². The molecule has 16 heavy (non-hydrogen) atoms. The third kappa shape index (κ3) is 5.12. The summed E-state index contributed by atoms with van der Waals surface area (Å²) < 4.78 is 5.64. The fourth-order valence-electron chi connectivity index (χ4n) is 1.39. The molecular weight excluding hydrogens is 200 g/mol. The zero-order valence-electron chi connectivity index (χ0n) is 10.5. The first-order valence-corrected chi connectivity index (χ1v) is 5.95. The number of aryl methyl sites for hydroxylation is 1. The molecular formula is C13H22N2O. The SMILES string of the molecule is Cc1ncccc1OCCCNCC(C)C. The number of ether oxygens (including phenoxy) is 1. The van der Waals surface area contributed by atoms with Crippen LogP contribution in [0, 0.1) is 12.8 Å². The summed E-state index contributed by atoms with van der Waals surface area (Å²) in [6.45, 7) is 9.22. The molecule has 3 nitrogen and oxygen atoms in total. The van der Waals surface area contributed by atoms with Crippen molar-refractivity contribution in [2.24, 2.45) is 5.92 Å². The van der Waals surface area contributed by atoms with E-state index in [9.17, 15) is 0 Å². The summed E-state index contributed by atoms with van der Waals surface area (Å²) >= 11 is 0. The molecule has 0 bridgehead atoms. The molecule has 0 radical (unpaired) electrons. The van der Waals surface area contributed by atoms with Gasteiger partial charge in [0.2, 0.25) is 0 Å². The van der Waals surface area contributed by atoms with Crippen LogP contribution in [0.1, 0.15) is 26.0 Å². The van der Waals surface area contributed by atoms with Gasteiger partial charge in [0, 0.05) is 6.20 Å². The Morgan fingerprint density at radius 2 is 2.25 bits per heavy atom. The van der Waals surface area contributed by atoms with Crippen molar-refractivity contribution in [3.8, 4) is 5.75 Å². The lowest BCUT2D eigenvalue weighted by Gasteiger charge is -2.09. The van der Waals surface area contributed by atoms with E-state index in [-0.39, 0.29) is 0 Å². The van der Waals surface area contributed by atoms with Crippen LogP contribution < -0.4 is 10.1 Å². The van der Waals surface area contributed by atoms with Crippen LogP contribution in [0.5, 0.6) is 5.75 Å². The maximum absolute atomic E-state index is 5.64. The minimum Gasteiger partial charge on any atom is -0.492 e. The van der Waals surface area contributed by atoms with Crippen molar-refractivity contribution in [1.29, 1.82) is 0 Å². The third-order valence-electron chi connectivity index (χ3n) is 2.27. The largest absolute Gasteiger partial charge is 0.492 e. The van der Waals surface area contributed by atoms with Crippen LogP contribution in [0.25, 0.3) is 0 Å². The minimum atomic E-state index is 0.710. The Morgan fingerprint density at radius 1 is 1.44 bits per heavy atom. The summed E-state index contributed by atoms with van der Waals surface area (Å²) in [5.41, 5.74) is 0.956. The average molecular weight is 222 g/mol. The third-order valence-corrected chi connectivity index (χ3v) is 2.27. The van der Waals surface area contributed by atoms with Crippen molar-refractivity contribution in [1.82, 2.24) is 10.3 Å². The number of rotatable bonds is 7. The molecule has 0 unspecified atom stereocenters. The predicted molar refractivity (Wildman–Crippen MR) is 66.8 cm³/mol. The number of nitrogens with one attached hydrogen (secondary N) is 1. The number of aromatic nitrogens is 1. The molecule has 0 aromatic carbocycles. The lowest BCUT2D eigenvalue weighted by Crippen LogP contribution is -2.22. The van der Waals surface area contributed by atoms with Crippen LogP contribution in [0.15, 0.2) is 18.3 Å². The smallest absolute Gasteiger partial charge is 0.140 e. The van der Waals surface area contributed by atoms with Crippen LogP contribution in [0.2, 0.25) is 0 Å². The van der Waals surface area contributed by atoms with Gasteiger partial charge in [-0.1, -0.05) is 13.8 Å². The summed E-state index contributed by atoms with van der Waals surface area (Å²) in [5.74, 6) is 1.60. The highest BCUT2D eigenvalue weighted by Gasteiger charge is 1.98. The van der Waals surface area contributed by atoms with Crippen molar-refractivity contribution < 1.29 is 4.74 Å². The average Bonchev–Trinajstić information content (AvgIpc) is 2.25. The number of pyridine rings is 1. The maximum Gasteiger partial charge on any atom is 0.140 e. The van der Waals surface area contributed by atoms with E-state index >= 15 is 0 Å². The molecule has 0 aliphatic rings. The Hall–Kier alpha value is -1.09. The first kappa shape index (κ1) is 13.0. The molecule has 1 aromatic rings. The molecule has 0 saturated heterocycles. The van der Waals surface area contributed by atoms with Gasteiger partial charge in [0.25, 0.3) is 0 Å². The standard InChI is InChI=1S/C13H22N2O/c1-11(2)10-14-7-5-9-16-13-6-4-8-15-12(13)3/h4,6,8,11,14H,5,7,9-10H2,1-3H3. The van der Waals surface area contributed by atoms with Gasteiger partial charge >= 0.3 is 0 Å². The fraction of sp³-hybridized carbons (Fsp3) is 0.615. The first-order valence-electron chi connectivity index (χ1n) is 5.95. The highest BCUT2D eigenvalue weighted by atomic mass is 16.5. The van der Waals surface area contributed by atoms with E-state index in [2.05, 4.69) is 24.1 Å². The second kappa shape index (κ2) is 7.23. The van der Waals surface area contributed by atoms with E-state index in [0.29, 0.717) is 5.92 Å². The van der Waals surface area contributed by atoms with Crippen LogP contribution >= 0.6 is 0 Å². The molecule has 1 rings (SSSR count). The first-order chi connectivity index (χ1) is 7.70. The quantitative estimate of drug-likeness (QED) is 0.719. The van der Waals surface area contributed by atoms with Crippen molar-refractivity contribution in [3.63, 3.8) is 0 Å². The Labute approximate surface area is 98.2 Å². The molecule has 1 aromatic heterocycles. The van der Waals surface area contributed by atoms with Gasteiger partial charge in [0.1, 0.15) is 5.75 Å². The van der Waals surface area contributed by atoms with Crippen molar-refractivity contribution in [2.45, 2.75) is 27.2 Å². The zero-order chi connectivity index (χ0) is 11.8. The van der Waals surface area contributed by atoms with Gasteiger partial charge in [-0.2, -0.15) is 0 Å². The summed E-state index contributed by atoms with van der Waals surface area (Å²) in [5, 5.41) is 3.39. The zero-order valence-corrected chi connectivity index (χ0v) is 10.5. The Kier molecular flexibility index (Phi) is 5.86. The fourth-order valence-corrected chi connectivity index (χ4v) is 1.39. The maximum atomic E-state index is 5.64. The number of nitrogens with zero attached hydrogens (tertiary/aromatic N) is 1. The summed E-state index contributed by atoms with van der Waals surface area (Å²) in [6, 6.07) is 3.86. The molecule has 0 amide bonds. The summed E-state index contributed by atoms with van der Waals surface area (Å²) in [4.78, 5) is 4.18. The molecule has 1 N–H and O–H groups in total. The van der Waals surface area contributed by atoms with E-state index in [4.69, 9.17) is 4.74 Å². The molecule has 0 atom stereocenters. The van der Waals surface area contributed by atoms with Gasteiger partial charge in [0.05, 0.1) is 12.3 Å². The van der Waals surface area contributed by atoms with Crippen LogP contribution in [0.4, 0.5) is 0 Å². The highest BCUT2D eigenvalue weighted by molar-refractivity contribution is 5.25. The van der Waals surface area contributed by atoms with Gasteiger partial charge in [-0.25, -0.2) is 0 Å². The van der Waals surface area contributed by atoms with Crippen LogP contribution in [-0.2, 0) is 0 Å². The number of hydrogen-bond acceptors (Lipinski definition) is 3. The monoisotopic (exact) mass is 222 g/mol. The van der Waals surface area contributed by atoms with Crippen molar-refractivity contribution in [3.05, 3.63) is 24.0 Å². The topological polar surface area (TPSA) is 34.1 Å². The van der Waals surface area contributed by atoms with Gasteiger partial charge in [-0.15, -0.1) is 0 Å². The van der Waals surface area contributed by atoms with Crippen LogP contribution in [0.3, 0.4) is 0 Å². The van der Waals surface area contributed by atoms with Gasteiger partial charge in [-0.3, -0.25) is 4.98 Å². The van der Waals surface area contributed by atoms with E-state index in [1.54, 1.807) is 6.20 Å². The lowest BCUT2D eigenvalue weighted by molar-refractivity contribution is 0.303. The summed E-state index contributed by atoms with van der Waals surface area (Å²) in [7, 11) is 0. The molecule has 0 spiro atoms. The Morgan fingerprint density at radius 3 is 2.94 bits per heavy atom. The second-order valence-corrected chi connectivity index (χ2v) is 4.39. The normalized spacial score (nSPS) is 10.8. The Balaban J connectivity index is 2.10. The van der Waals surface area contributed by atoms with E-state index < -0.39 is 0 Å². The second-order valence-electron chi connectivity index (χ2n) is 4.39. The van der Waals surface area contributed by atoms with Gasteiger partial charge in [-0.05, 0) is 44.5 Å². The lowest BCUT2D eigenvalue weighted by atomic mass is 10.2. The molecule has 0 aliphatic heterocycles. The molecule has 1 heterocycles. The van der Waals surface area contributed by atoms with E-state index in [1.807, 2.05) is 19.1 Å². The summed E-state index contributed by atoms with van der Waals surface area (Å²) in [6.07, 6.45) is 2.81. The minimum absolute atomic E-state index is 0.710. The van der Waals surface area contributed by atoms with Gasteiger partial charge in [0.15, 0.2) is 0 Å². The molecule has 3 heteroatoms. The number of hydrogen-bond donors (Lipinski definition) is 1. The van der Waals surface area contributed by atoms with E-state index in [1.165, 1.54) is 0 Å². The molecule has 90 valence electrons. The molecule has 0 fully saturated rings. The Bertz CT molecular complexity index is 300. The van der Waals surface area contributed by atoms with Crippen molar-refractivity contribution >= 4 is 0 Å². The van der Waals surface area contributed by atoms with Crippen LogP contribution in [-0.4, -0.2) is 24.7 Å². The van der Waals surface area contributed by atoms with Crippen molar-refractivity contribution in [2.75, 3.05) is 19.7 Å². The highest BCUT2D eigenvalue weighted by Crippen LogP contribution is 2.13. The van der Waals surface area contributed by atoms with E-state index in [0.717, 1.165) is 37.6 Å². The molecule has 0 aliphatic carbocycles.